The van der Waals surface area contributed by atoms with Crippen LogP contribution in [0, 0.1) is 6.92 Å². The van der Waals surface area contributed by atoms with E-state index >= 15 is 0 Å². The smallest absolute Gasteiger partial charge is 0.0625 e. The first kappa shape index (κ1) is 13.2. The van der Waals surface area contributed by atoms with Crippen molar-refractivity contribution in [3.05, 3.63) is 22.2 Å². The van der Waals surface area contributed by atoms with Crippen molar-refractivity contribution in [3.63, 3.8) is 0 Å². The Morgan fingerprint density at radius 1 is 1.53 bits per heavy atom. The monoisotopic (exact) mass is 314 g/mol. The summed E-state index contributed by atoms with van der Waals surface area (Å²) in [5.41, 5.74) is 2.60. The van der Waals surface area contributed by atoms with Crippen molar-refractivity contribution >= 4 is 33.4 Å². The molecule has 1 aliphatic rings. The lowest BCUT2D eigenvalue weighted by atomic mass is 10.1. The van der Waals surface area contributed by atoms with Crippen LogP contribution < -0.4 is 10.6 Å². The van der Waals surface area contributed by atoms with E-state index in [4.69, 9.17) is 0 Å². The summed E-state index contributed by atoms with van der Waals surface area (Å²) in [7, 11) is 2.01. The Bertz CT molecular complexity index is 395. The second kappa shape index (κ2) is 6.12. The summed E-state index contributed by atoms with van der Waals surface area (Å²) in [5, 5.41) is 6.86. The van der Waals surface area contributed by atoms with E-state index in [-0.39, 0.29) is 0 Å². The Kier molecular flexibility index (Phi) is 4.77. The normalized spacial score (nSPS) is 18.6. The van der Waals surface area contributed by atoms with E-state index < -0.39 is 0 Å². The lowest BCUT2D eigenvalue weighted by Crippen LogP contribution is -2.27. The molecule has 0 fully saturated rings. The molecule has 1 heterocycles. The lowest BCUT2D eigenvalue weighted by Gasteiger charge is -2.28. The predicted molar refractivity (Wildman–Crippen MR) is 80.2 cm³/mol. The molecule has 4 heteroatoms. The summed E-state index contributed by atoms with van der Waals surface area (Å²) >= 11 is 5.62. The first-order chi connectivity index (χ1) is 8.20. The summed E-state index contributed by atoms with van der Waals surface area (Å²) in [4.78, 5) is 1.38. The fourth-order valence-electron chi connectivity index (χ4n) is 2.08. The van der Waals surface area contributed by atoms with Gasteiger partial charge in [0.25, 0.3) is 0 Å². The highest BCUT2D eigenvalue weighted by molar-refractivity contribution is 9.10. The Balaban J connectivity index is 2.03. The number of fused-ring (bicyclic) bond motifs is 1. The molecule has 0 saturated carbocycles. The molecule has 0 aromatic heterocycles. The third-order valence-electron chi connectivity index (χ3n) is 2.97. The van der Waals surface area contributed by atoms with Gasteiger partial charge < -0.3 is 10.6 Å². The number of rotatable bonds is 4. The highest BCUT2D eigenvalue weighted by Gasteiger charge is 2.20. The summed E-state index contributed by atoms with van der Waals surface area (Å²) in [6.07, 6.45) is 2.46. The fraction of sp³-hybridized carbons (Fsp3) is 0.538. The summed E-state index contributed by atoms with van der Waals surface area (Å²) in [6, 6.07) is 5.05. The minimum atomic E-state index is 0.597. The molecular formula is C13H19BrN2S. The van der Waals surface area contributed by atoms with Gasteiger partial charge >= 0.3 is 0 Å². The zero-order valence-electron chi connectivity index (χ0n) is 10.3. The van der Waals surface area contributed by atoms with Crippen molar-refractivity contribution in [1.82, 2.24) is 5.32 Å². The molecule has 0 spiro atoms. The maximum absolute atomic E-state index is 3.66. The predicted octanol–water partition coefficient (Wildman–Crippen LogP) is 3.64. The molecular weight excluding hydrogens is 296 g/mol. The van der Waals surface area contributed by atoms with Crippen LogP contribution in [0.3, 0.4) is 0 Å². The number of benzene rings is 1. The number of anilines is 1. The largest absolute Gasteiger partial charge is 0.380 e. The second-order valence-corrected chi connectivity index (χ2v) is 6.43. The molecule has 0 saturated heterocycles. The average molecular weight is 315 g/mol. The minimum Gasteiger partial charge on any atom is -0.380 e. The van der Waals surface area contributed by atoms with Crippen molar-refractivity contribution in [2.45, 2.75) is 30.7 Å². The molecule has 2 nitrogen and oxygen atoms in total. The number of thioether (sulfide) groups is 1. The molecule has 0 amide bonds. The van der Waals surface area contributed by atoms with Crippen molar-refractivity contribution < 1.29 is 0 Å². The first-order valence-electron chi connectivity index (χ1n) is 6.05. The molecule has 1 aromatic carbocycles. The number of aryl methyl sites for hydroxylation is 1. The van der Waals surface area contributed by atoms with Crippen molar-refractivity contribution in [2.24, 2.45) is 0 Å². The fourth-order valence-corrected chi connectivity index (χ4v) is 4.11. The zero-order chi connectivity index (χ0) is 12.3. The number of nitrogens with one attached hydrogen (secondary N) is 2. The van der Waals surface area contributed by atoms with Gasteiger partial charge in [-0.1, -0.05) is 0 Å². The molecule has 1 unspecified atom stereocenters. The quantitative estimate of drug-likeness (QED) is 0.830. The van der Waals surface area contributed by atoms with Crippen molar-refractivity contribution in [2.75, 3.05) is 24.7 Å². The highest BCUT2D eigenvalue weighted by Crippen LogP contribution is 2.39. The summed E-state index contributed by atoms with van der Waals surface area (Å²) in [5.74, 6) is 1.17. The standard InChI is InChI=1S/C13H19BrN2S/c1-9-6-11(14)13-12(7-9)17-8-10(16-13)4-3-5-15-2/h6-7,10,15-16H,3-5,8H2,1-2H3. The summed E-state index contributed by atoms with van der Waals surface area (Å²) < 4.78 is 1.19. The average Bonchev–Trinajstić information content (AvgIpc) is 2.30. The van der Waals surface area contributed by atoms with Gasteiger partial charge in [0, 0.05) is 21.2 Å². The van der Waals surface area contributed by atoms with Crippen LogP contribution in [-0.4, -0.2) is 25.4 Å². The number of halogens is 1. The van der Waals surface area contributed by atoms with Gasteiger partial charge in [0.05, 0.1) is 5.69 Å². The highest BCUT2D eigenvalue weighted by atomic mass is 79.9. The van der Waals surface area contributed by atoms with Gasteiger partial charge in [-0.3, -0.25) is 0 Å². The summed E-state index contributed by atoms with van der Waals surface area (Å²) in [6.45, 7) is 3.25. The molecule has 0 aliphatic carbocycles. The van der Waals surface area contributed by atoms with Gasteiger partial charge in [-0.05, 0) is 67.0 Å². The van der Waals surface area contributed by atoms with Gasteiger partial charge in [-0.2, -0.15) is 0 Å². The zero-order valence-corrected chi connectivity index (χ0v) is 12.7. The Morgan fingerprint density at radius 3 is 3.12 bits per heavy atom. The van der Waals surface area contributed by atoms with Crippen LogP contribution in [0.1, 0.15) is 18.4 Å². The Morgan fingerprint density at radius 2 is 2.35 bits per heavy atom. The molecule has 1 atom stereocenters. The van der Waals surface area contributed by atoms with E-state index in [2.05, 4.69) is 45.6 Å². The molecule has 1 aromatic rings. The van der Waals surface area contributed by atoms with E-state index in [1.165, 1.54) is 39.2 Å². The van der Waals surface area contributed by atoms with Crippen molar-refractivity contribution in [1.29, 1.82) is 0 Å². The molecule has 94 valence electrons. The molecule has 0 bridgehead atoms. The van der Waals surface area contributed by atoms with Gasteiger partial charge in [-0.15, -0.1) is 11.8 Å². The van der Waals surface area contributed by atoms with Gasteiger partial charge in [-0.25, -0.2) is 0 Å². The Hall–Kier alpha value is -0.190. The number of hydrogen-bond donors (Lipinski definition) is 2. The molecule has 0 radical (unpaired) electrons. The molecule has 2 rings (SSSR count). The van der Waals surface area contributed by atoms with Crippen molar-refractivity contribution in [3.8, 4) is 0 Å². The topological polar surface area (TPSA) is 24.1 Å². The maximum atomic E-state index is 3.66. The lowest BCUT2D eigenvalue weighted by molar-refractivity contribution is 0.626. The van der Waals surface area contributed by atoms with Gasteiger partial charge in [0.1, 0.15) is 0 Å². The molecule has 2 N–H and O–H groups in total. The van der Waals surface area contributed by atoms with E-state index in [0.717, 1.165) is 6.54 Å². The second-order valence-electron chi connectivity index (χ2n) is 4.52. The van der Waals surface area contributed by atoms with Crippen LogP contribution in [0.15, 0.2) is 21.5 Å². The minimum absolute atomic E-state index is 0.597. The molecule has 17 heavy (non-hydrogen) atoms. The van der Waals surface area contributed by atoms with Gasteiger partial charge in [0.2, 0.25) is 0 Å². The SMILES string of the molecule is CNCCCC1CSc2cc(C)cc(Br)c2N1. The van der Waals surface area contributed by atoms with Crippen LogP contribution in [0.2, 0.25) is 0 Å². The van der Waals surface area contributed by atoms with Crippen LogP contribution in [0.25, 0.3) is 0 Å². The number of hydrogen-bond acceptors (Lipinski definition) is 3. The maximum Gasteiger partial charge on any atom is 0.0625 e. The van der Waals surface area contributed by atoms with Crippen LogP contribution in [-0.2, 0) is 0 Å². The van der Waals surface area contributed by atoms with Gasteiger partial charge in [0.15, 0.2) is 0 Å². The van der Waals surface area contributed by atoms with Crippen LogP contribution in [0.4, 0.5) is 5.69 Å². The first-order valence-corrected chi connectivity index (χ1v) is 7.82. The molecule has 1 aliphatic heterocycles. The van der Waals surface area contributed by atoms with E-state index in [9.17, 15) is 0 Å². The van der Waals surface area contributed by atoms with E-state index in [1.54, 1.807) is 0 Å². The Labute approximate surface area is 116 Å². The van der Waals surface area contributed by atoms with E-state index in [0.29, 0.717) is 6.04 Å². The van der Waals surface area contributed by atoms with Crippen LogP contribution >= 0.6 is 27.7 Å². The third kappa shape index (κ3) is 3.39. The van der Waals surface area contributed by atoms with Crippen LogP contribution in [0.5, 0.6) is 0 Å². The third-order valence-corrected chi connectivity index (χ3v) is 4.79. The van der Waals surface area contributed by atoms with E-state index in [1.807, 2.05) is 18.8 Å².